The molecule has 0 atom stereocenters. The van der Waals surface area contributed by atoms with Gasteiger partial charge in [0.1, 0.15) is 0 Å². The van der Waals surface area contributed by atoms with Crippen LogP contribution in [0.1, 0.15) is 33.7 Å². The highest BCUT2D eigenvalue weighted by Gasteiger charge is 2.07. The number of thiazole rings is 1. The average Bonchev–Trinajstić information content (AvgIpc) is 2.93. The predicted molar refractivity (Wildman–Crippen MR) is 74.8 cm³/mol. The zero-order chi connectivity index (χ0) is 13.7. The van der Waals surface area contributed by atoms with Gasteiger partial charge in [-0.3, -0.25) is 9.78 Å². The number of aromatic nitrogens is 2. The summed E-state index contributed by atoms with van der Waals surface area (Å²) in [6.07, 6.45) is 2.51. The van der Waals surface area contributed by atoms with Crippen LogP contribution in [0.25, 0.3) is 0 Å². The van der Waals surface area contributed by atoms with Crippen LogP contribution in [0.15, 0.2) is 23.7 Å². The van der Waals surface area contributed by atoms with Crippen LogP contribution in [0.5, 0.6) is 0 Å². The molecule has 0 aliphatic heterocycles. The smallest absolute Gasteiger partial charge is 0.251 e. The summed E-state index contributed by atoms with van der Waals surface area (Å²) in [7, 11) is 0. The van der Waals surface area contributed by atoms with Crippen molar-refractivity contribution in [2.75, 3.05) is 0 Å². The van der Waals surface area contributed by atoms with E-state index < -0.39 is 0 Å². The molecule has 0 aliphatic rings. The van der Waals surface area contributed by atoms with E-state index in [1.807, 2.05) is 5.38 Å². The van der Waals surface area contributed by atoms with Crippen molar-refractivity contribution in [1.82, 2.24) is 15.3 Å². The topological polar surface area (TPSA) is 80.9 Å². The molecule has 0 unspecified atom stereocenters. The Labute approximate surface area is 115 Å². The number of carbonyl (C=O) groups excluding carboxylic acids is 1. The fraction of sp³-hybridized carbons (Fsp3) is 0.308. The van der Waals surface area contributed by atoms with Gasteiger partial charge in [-0.25, -0.2) is 4.98 Å². The highest BCUT2D eigenvalue weighted by Crippen LogP contribution is 2.10. The van der Waals surface area contributed by atoms with Crippen LogP contribution < -0.4 is 11.1 Å². The summed E-state index contributed by atoms with van der Waals surface area (Å²) in [4.78, 5) is 20.4. The van der Waals surface area contributed by atoms with Crippen molar-refractivity contribution in [2.45, 2.75) is 26.4 Å². The lowest BCUT2D eigenvalue weighted by atomic mass is 10.2. The monoisotopic (exact) mass is 276 g/mol. The van der Waals surface area contributed by atoms with Gasteiger partial charge in [-0.15, -0.1) is 11.3 Å². The lowest BCUT2D eigenvalue weighted by Gasteiger charge is -2.04. The average molecular weight is 276 g/mol. The summed E-state index contributed by atoms with van der Waals surface area (Å²) in [6, 6.07) is 3.38. The van der Waals surface area contributed by atoms with Crippen molar-refractivity contribution >= 4 is 17.2 Å². The second-order valence-corrected chi connectivity index (χ2v) is 4.95. The van der Waals surface area contributed by atoms with Gasteiger partial charge in [0.05, 0.1) is 22.9 Å². The van der Waals surface area contributed by atoms with Crippen molar-refractivity contribution < 1.29 is 4.79 Å². The molecule has 0 radical (unpaired) electrons. The van der Waals surface area contributed by atoms with Crippen molar-refractivity contribution in [3.8, 4) is 0 Å². The fourth-order valence-corrected chi connectivity index (χ4v) is 2.34. The van der Waals surface area contributed by atoms with Crippen molar-refractivity contribution in [2.24, 2.45) is 5.73 Å². The molecule has 0 aliphatic carbocycles. The molecule has 100 valence electrons. The summed E-state index contributed by atoms with van der Waals surface area (Å²) >= 11 is 1.61. The minimum atomic E-state index is -0.136. The maximum Gasteiger partial charge on any atom is 0.251 e. The molecule has 0 saturated carbocycles. The van der Waals surface area contributed by atoms with Gasteiger partial charge in [-0.1, -0.05) is 6.92 Å². The number of aryl methyl sites for hydroxylation is 1. The van der Waals surface area contributed by atoms with Crippen LogP contribution in [-0.2, 0) is 19.5 Å². The summed E-state index contributed by atoms with van der Waals surface area (Å²) in [5, 5.41) is 5.89. The van der Waals surface area contributed by atoms with Gasteiger partial charge in [0, 0.05) is 23.7 Å². The first-order valence-corrected chi connectivity index (χ1v) is 6.97. The first kappa shape index (κ1) is 13.6. The van der Waals surface area contributed by atoms with Crippen LogP contribution in [-0.4, -0.2) is 15.9 Å². The maximum atomic E-state index is 12.0. The Kier molecular flexibility index (Phi) is 4.59. The summed E-state index contributed by atoms with van der Waals surface area (Å²) < 4.78 is 0. The molecule has 19 heavy (non-hydrogen) atoms. The minimum Gasteiger partial charge on any atom is -0.346 e. The van der Waals surface area contributed by atoms with E-state index >= 15 is 0 Å². The normalized spacial score (nSPS) is 10.4. The number of nitrogens with one attached hydrogen (secondary N) is 1. The van der Waals surface area contributed by atoms with E-state index in [2.05, 4.69) is 22.2 Å². The quantitative estimate of drug-likeness (QED) is 0.867. The third-order valence-electron chi connectivity index (χ3n) is 2.62. The van der Waals surface area contributed by atoms with Gasteiger partial charge < -0.3 is 11.1 Å². The number of nitrogens with two attached hydrogens (primary N) is 1. The molecule has 0 bridgehead atoms. The molecule has 2 aromatic heterocycles. The fourth-order valence-electron chi connectivity index (χ4n) is 1.60. The largest absolute Gasteiger partial charge is 0.346 e. The van der Waals surface area contributed by atoms with Gasteiger partial charge in [0.2, 0.25) is 0 Å². The number of pyridine rings is 1. The first-order valence-electron chi connectivity index (χ1n) is 6.09. The molecule has 6 heteroatoms. The number of carbonyl (C=O) groups is 1. The second-order valence-electron chi connectivity index (χ2n) is 4.01. The number of hydrogen-bond acceptors (Lipinski definition) is 5. The third-order valence-corrected chi connectivity index (χ3v) is 3.66. The Bertz CT molecular complexity index is 567. The third kappa shape index (κ3) is 3.59. The Balaban J connectivity index is 1.96. The van der Waals surface area contributed by atoms with E-state index in [1.165, 1.54) is 0 Å². The zero-order valence-corrected chi connectivity index (χ0v) is 11.5. The number of nitrogens with zero attached hydrogens (tertiary/aromatic N) is 2. The van der Waals surface area contributed by atoms with E-state index in [4.69, 9.17) is 5.73 Å². The maximum absolute atomic E-state index is 12.0. The van der Waals surface area contributed by atoms with Crippen LogP contribution in [0.3, 0.4) is 0 Å². The number of rotatable bonds is 5. The Morgan fingerprint density at radius 2 is 2.32 bits per heavy atom. The summed E-state index contributed by atoms with van der Waals surface area (Å²) in [5.74, 6) is -0.136. The Morgan fingerprint density at radius 3 is 3.00 bits per heavy atom. The van der Waals surface area contributed by atoms with E-state index in [9.17, 15) is 4.79 Å². The SMILES string of the molecule is CCc1nc(CNC(=O)c2ccnc(CN)c2)cs1. The Hall–Kier alpha value is -1.79. The first-order chi connectivity index (χ1) is 9.22. The van der Waals surface area contributed by atoms with Crippen molar-refractivity contribution in [3.05, 3.63) is 45.7 Å². The second kappa shape index (κ2) is 6.40. The molecule has 2 heterocycles. The summed E-state index contributed by atoms with van der Waals surface area (Å²) in [6.45, 7) is 2.83. The highest BCUT2D eigenvalue weighted by molar-refractivity contribution is 7.09. The molecule has 3 N–H and O–H groups in total. The standard InChI is InChI=1S/C13H16N4OS/c1-2-12-17-11(8-19-12)7-16-13(18)9-3-4-15-10(5-9)6-14/h3-5,8H,2,6-7,14H2,1H3,(H,16,18). The van der Waals surface area contributed by atoms with E-state index in [0.29, 0.717) is 24.3 Å². The Morgan fingerprint density at radius 1 is 1.47 bits per heavy atom. The molecule has 2 rings (SSSR count). The van der Waals surface area contributed by atoms with Crippen molar-refractivity contribution in [3.63, 3.8) is 0 Å². The minimum absolute atomic E-state index is 0.136. The molecule has 0 aromatic carbocycles. The molecule has 2 aromatic rings. The highest BCUT2D eigenvalue weighted by atomic mass is 32.1. The van der Waals surface area contributed by atoms with Crippen LogP contribution in [0.2, 0.25) is 0 Å². The lowest BCUT2D eigenvalue weighted by molar-refractivity contribution is 0.0950. The summed E-state index contributed by atoms with van der Waals surface area (Å²) in [5.41, 5.74) is 7.67. The number of hydrogen-bond donors (Lipinski definition) is 2. The van der Waals surface area contributed by atoms with Crippen LogP contribution in [0, 0.1) is 0 Å². The van der Waals surface area contributed by atoms with Gasteiger partial charge >= 0.3 is 0 Å². The number of amides is 1. The van der Waals surface area contributed by atoms with Gasteiger partial charge in [0.25, 0.3) is 5.91 Å². The van der Waals surface area contributed by atoms with E-state index in [0.717, 1.165) is 17.1 Å². The molecule has 0 fully saturated rings. The lowest BCUT2D eigenvalue weighted by Crippen LogP contribution is -2.23. The molecular formula is C13H16N4OS. The van der Waals surface area contributed by atoms with Crippen LogP contribution in [0.4, 0.5) is 0 Å². The zero-order valence-electron chi connectivity index (χ0n) is 10.7. The molecule has 0 spiro atoms. The predicted octanol–water partition coefficient (Wildman–Crippen LogP) is 1.49. The van der Waals surface area contributed by atoms with Gasteiger partial charge in [-0.2, -0.15) is 0 Å². The van der Waals surface area contributed by atoms with Crippen molar-refractivity contribution in [1.29, 1.82) is 0 Å². The molecule has 5 nitrogen and oxygen atoms in total. The van der Waals surface area contributed by atoms with E-state index in [-0.39, 0.29) is 5.91 Å². The van der Waals surface area contributed by atoms with Gasteiger partial charge in [0.15, 0.2) is 0 Å². The van der Waals surface area contributed by atoms with E-state index in [1.54, 1.807) is 29.7 Å². The van der Waals surface area contributed by atoms with Gasteiger partial charge in [-0.05, 0) is 18.6 Å². The molecular weight excluding hydrogens is 260 g/mol. The molecule has 0 saturated heterocycles. The molecule has 1 amide bonds. The van der Waals surface area contributed by atoms with Crippen LogP contribution >= 0.6 is 11.3 Å².